The quantitative estimate of drug-likeness (QED) is 0.322. The van der Waals surface area contributed by atoms with E-state index >= 15 is 0 Å². The summed E-state index contributed by atoms with van der Waals surface area (Å²) in [5.41, 5.74) is 7.15. The summed E-state index contributed by atoms with van der Waals surface area (Å²) in [6, 6.07) is 12.2. The Bertz CT molecular complexity index is 1200. The summed E-state index contributed by atoms with van der Waals surface area (Å²) in [5, 5.41) is 9.96. The molecule has 1 saturated carbocycles. The number of benzene rings is 2. The van der Waals surface area contributed by atoms with Crippen LogP contribution in [-0.2, 0) is 20.8 Å². The zero-order valence-corrected chi connectivity index (χ0v) is 24.6. The van der Waals surface area contributed by atoms with Crippen LogP contribution in [0.1, 0.15) is 76.8 Å². The number of rotatable bonds is 13. The van der Waals surface area contributed by atoms with E-state index in [1.54, 1.807) is 11.8 Å². The summed E-state index contributed by atoms with van der Waals surface area (Å²) in [5.74, 6) is -2.28. The van der Waals surface area contributed by atoms with Gasteiger partial charge in [0.15, 0.2) is 5.78 Å². The van der Waals surface area contributed by atoms with Crippen LogP contribution in [0.25, 0.3) is 0 Å². The van der Waals surface area contributed by atoms with E-state index < -0.39 is 35.6 Å². The van der Waals surface area contributed by atoms with E-state index in [0.29, 0.717) is 24.8 Å². The van der Waals surface area contributed by atoms with E-state index in [4.69, 9.17) is 5.73 Å². The van der Waals surface area contributed by atoms with Crippen molar-refractivity contribution in [3.63, 3.8) is 0 Å². The minimum atomic E-state index is -0.919. The first-order valence-corrected chi connectivity index (χ1v) is 14.5. The molecule has 8 heteroatoms. The molecule has 1 fully saturated rings. The molecule has 3 unspecified atom stereocenters. The number of hydrogen-bond donors (Lipinski definition) is 2. The van der Waals surface area contributed by atoms with Gasteiger partial charge in [0.1, 0.15) is 24.0 Å². The third kappa shape index (κ3) is 8.52. The van der Waals surface area contributed by atoms with Crippen LogP contribution < -0.4 is 5.73 Å². The van der Waals surface area contributed by atoms with Crippen molar-refractivity contribution in [2.45, 2.75) is 84.2 Å². The summed E-state index contributed by atoms with van der Waals surface area (Å²) in [4.78, 5) is 39.2. The maximum atomic E-state index is 14.9. The van der Waals surface area contributed by atoms with Crippen LogP contribution in [0, 0.1) is 28.9 Å². The van der Waals surface area contributed by atoms with Gasteiger partial charge in [-0.25, -0.2) is 8.78 Å². The van der Waals surface area contributed by atoms with Crippen molar-refractivity contribution in [2.75, 3.05) is 13.2 Å². The predicted molar refractivity (Wildman–Crippen MR) is 155 cm³/mol. The van der Waals surface area contributed by atoms with Gasteiger partial charge in [0.25, 0.3) is 0 Å². The number of halogens is 2. The summed E-state index contributed by atoms with van der Waals surface area (Å²) >= 11 is 0. The minimum Gasteiger partial charge on any atom is -0.387 e. The van der Waals surface area contributed by atoms with E-state index in [2.05, 4.69) is 0 Å². The molecule has 0 bridgehead atoms. The molecule has 3 rings (SSSR count). The SMILES string of the molecule is CCC(=O)CC(=O)[C@@H](N)CCN(C(=O)CO)[C@@H](C1CC(c2cc(F)ccc2F)CC1Cc1ccccc1)C(C)(C)C. The van der Waals surface area contributed by atoms with Crippen LogP contribution in [0.2, 0.25) is 0 Å². The van der Waals surface area contributed by atoms with Gasteiger partial charge in [0.2, 0.25) is 5.91 Å². The Morgan fingerprint density at radius 2 is 1.76 bits per heavy atom. The van der Waals surface area contributed by atoms with E-state index in [9.17, 15) is 28.3 Å². The van der Waals surface area contributed by atoms with Crippen molar-refractivity contribution in [2.24, 2.45) is 23.0 Å². The standard InChI is InChI=1S/C33H44F2N2O4/c1-5-25(39)19-30(40)29(36)13-14-37(31(41)20-38)32(33(2,3)4)27-17-23(26-18-24(34)11-12-28(26)35)16-22(27)15-21-9-7-6-8-10-21/h6-12,18,22-23,27,29,32,38H,5,13-17,19-20,36H2,1-4H3/t22?,23?,27?,29-,32-/m0/s1. The number of nitrogens with zero attached hydrogens (tertiary/aromatic N) is 1. The second kappa shape index (κ2) is 14.3. The van der Waals surface area contributed by atoms with Crippen LogP contribution in [-0.4, -0.2) is 52.7 Å². The van der Waals surface area contributed by atoms with Gasteiger partial charge in [-0.2, -0.15) is 0 Å². The van der Waals surface area contributed by atoms with Gasteiger partial charge < -0.3 is 15.7 Å². The zero-order valence-electron chi connectivity index (χ0n) is 24.6. The average Bonchev–Trinajstić information content (AvgIpc) is 3.33. The van der Waals surface area contributed by atoms with E-state index in [0.717, 1.165) is 17.7 Å². The van der Waals surface area contributed by atoms with Crippen molar-refractivity contribution in [3.8, 4) is 0 Å². The van der Waals surface area contributed by atoms with Crippen LogP contribution in [0.4, 0.5) is 8.78 Å². The highest BCUT2D eigenvalue weighted by molar-refractivity contribution is 6.01. The monoisotopic (exact) mass is 570 g/mol. The molecule has 2 aromatic rings. The Kier molecular flexibility index (Phi) is 11.3. The first-order valence-electron chi connectivity index (χ1n) is 14.5. The number of nitrogens with two attached hydrogens (primary N) is 1. The molecule has 0 aromatic heterocycles. The summed E-state index contributed by atoms with van der Waals surface area (Å²) in [7, 11) is 0. The topological polar surface area (TPSA) is 101 Å². The Hall–Kier alpha value is -2.97. The number of ketones is 2. The van der Waals surface area contributed by atoms with Gasteiger partial charge in [-0.1, -0.05) is 58.0 Å². The number of carbonyl (C=O) groups is 3. The molecule has 41 heavy (non-hydrogen) atoms. The third-order valence-electron chi connectivity index (χ3n) is 8.43. The highest BCUT2D eigenvalue weighted by Gasteiger charge is 2.47. The molecule has 224 valence electrons. The summed E-state index contributed by atoms with van der Waals surface area (Å²) in [6.45, 7) is 7.18. The largest absolute Gasteiger partial charge is 0.387 e. The Morgan fingerprint density at radius 1 is 1.07 bits per heavy atom. The molecule has 6 nitrogen and oxygen atoms in total. The fourth-order valence-electron chi connectivity index (χ4n) is 6.52. The molecule has 1 aliphatic carbocycles. The molecular formula is C33H44F2N2O4. The highest BCUT2D eigenvalue weighted by Crippen LogP contribution is 2.50. The highest BCUT2D eigenvalue weighted by atomic mass is 19.1. The van der Waals surface area contributed by atoms with Gasteiger partial charge >= 0.3 is 0 Å². The van der Waals surface area contributed by atoms with Gasteiger partial charge in [-0.15, -0.1) is 0 Å². The van der Waals surface area contributed by atoms with E-state index in [-0.39, 0.29) is 61.2 Å². The molecule has 1 amide bonds. The van der Waals surface area contributed by atoms with Crippen molar-refractivity contribution >= 4 is 17.5 Å². The van der Waals surface area contributed by atoms with Gasteiger partial charge in [-0.05, 0) is 78.2 Å². The molecule has 5 atom stereocenters. The number of Topliss-reactive ketones (excluding diaryl/α,β-unsaturated/α-hetero) is 2. The molecule has 0 heterocycles. The fraction of sp³-hybridized carbons (Fsp3) is 0.545. The third-order valence-corrected chi connectivity index (χ3v) is 8.43. The second-order valence-corrected chi connectivity index (χ2v) is 12.4. The molecule has 0 aliphatic heterocycles. The fourth-order valence-corrected chi connectivity index (χ4v) is 6.52. The Morgan fingerprint density at radius 3 is 2.37 bits per heavy atom. The molecule has 2 aromatic carbocycles. The number of aliphatic hydroxyl groups excluding tert-OH is 1. The smallest absolute Gasteiger partial charge is 0.248 e. The van der Waals surface area contributed by atoms with E-state index in [1.807, 2.05) is 51.1 Å². The van der Waals surface area contributed by atoms with Crippen LogP contribution in [0.5, 0.6) is 0 Å². The van der Waals surface area contributed by atoms with Crippen LogP contribution in [0.3, 0.4) is 0 Å². The first kappa shape index (κ1) is 32.5. The summed E-state index contributed by atoms with van der Waals surface area (Å²) < 4.78 is 29.2. The first-order chi connectivity index (χ1) is 19.3. The van der Waals surface area contributed by atoms with Crippen molar-refractivity contribution in [1.29, 1.82) is 0 Å². The maximum Gasteiger partial charge on any atom is 0.248 e. The van der Waals surface area contributed by atoms with Crippen LogP contribution >= 0.6 is 0 Å². The molecular weight excluding hydrogens is 526 g/mol. The Balaban J connectivity index is 1.97. The van der Waals surface area contributed by atoms with Crippen molar-refractivity contribution < 1.29 is 28.3 Å². The number of hydrogen-bond acceptors (Lipinski definition) is 5. The lowest BCUT2D eigenvalue weighted by molar-refractivity contribution is -0.142. The predicted octanol–water partition coefficient (Wildman–Crippen LogP) is 5.21. The average molecular weight is 571 g/mol. The van der Waals surface area contributed by atoms with E-state index in [1.165, 1.54) is 6.07 Å². The Labute approximate surface area is 242 Å². The lowest BCUT2D eigenvalue weighted by Crippen LogP contribution is -2.54. The number of carbonyl (C=O) groups excluding carboxylic acids is 3. The lowest BCUT2D eigenvalue weighted by atomic mass is 9.72. The maximum absolute atomic E-state index is 14.9. The zero-order chi connectivity index (χ0) is 30.3. The van der Waals surface area contributed by atoms with Gasteiger partial charge in [-0.3, -0.25) is 14.4 Å². The number of aliphatic hydroxyl groups is 1. The molecule has 0 saturated heterocycles. The number of amides is 1. The minimum absolute atomic E-state index is 0.0424. The molecule has 0 radical (unpaired) electrons. The van der Waals surface area contributed by atoms with Crippen LogP contribution in [0.15, 0.2) is 48.5 Å². The normalized spacial score (nSPS) is 20.4. The molecule has 3 N–H and O–H groups in total. The van der Waals surface area contributed by atoms with Gasteiger partial charge in [0.05, 0.1) is 12.5 Å². The van der Waals surface area contributed by atoms with Gasteiger partial charge in [0, 0.05) is 19.0 Å². The molecule has 0 spiro atoms. The van der Waals surface area contributed by atoms with Crippen molar-refractivity contribution in [3.05, 3.63) is 71.3 Å². The lowest BCUT2D eigenvalue weighted by Gasteiger charge is -2.46. The van der Waals surface area contributed by atoms with Crippen molar-refractivity contribution in [1.82, 2.24) is 4.90 Å². The second-order valence-electron chi connectivity index (χ2n) is 12.4. The summed E-state index contributed by atoms with van der Waals surface area (Å²) in [6.07, 6.45) is 2.00. The molecule has 1 aliphatic rings.